The zero-order chi connectivity index (χ0) is 14.9. The van der Waals surface area contributed by atoms with Crippen molar-refractivity contribution in [1.82, 2.24) is 5.32 Å². The highest BCUT2D eigenvalue weighted by molar-refractivity contribution is 5.85. The molecule has 21 heavy (non-hydrogen) atoms. The Bertz CT molecular complexity index is 527. The van der Waals surface area contributed by atoms with Crippen molar-refractivity contribution in [2.24, 2.45) is 0 Å². The molecule has 0 saturated carbocycles. The van der Waals surface area contributed by atoms with Gasteiger partial charge in [-0.3, -0.25) is 0 Å². The third kappa shape index (κ3) is 5.17. The molecule has 1 N–H and O–H groups in total. The van der Waals surface area contributed by atoms with Crippen LogP contribution in [0.1, 0.15) is 57.9 Å². The summed E-state index contributed by atoms with van der Waals surface area (Å²) in [6, 6.07) is 15.8. The summed E-state index contributed by atoms with van der Waals surface area (Å²) in [6.07, 6.45) is 8.13. The third-order valence-corrected chi connectivity index (χ3v) is 4.26. The summed E-state index contributed by atoms with van der Waals surface area (Å²) in [7, 11) is 0. The number of fused-ring (bicyclic) bond motifs is 1. The lowest BCUT2D eigenvalue weighted by atomic mass is 10.0. The average Bonchev–Trinajstić information content (AvgIpc) is 2.52. The predicted molar refractivity (Wildman–Crippen MR) is 93.6 cm³/mol. The smallest absolute Gasteiger partial charge is 0.0214 e. The zero-order valence-electron chi connectivity index (χ0n) is 13.6. The molecule has 0 saturated heterocycles. The molecule has 0 fully saturated rings. The number of hydrogen-bond donors (Lipinski definition) is 1. The Morgan fingerprint density at radius 3 is 2.52 bits per heavy atom. The summed E-state index contributed by atoms with van der Waals surface area (Å²) in [5.41, 5.74) is 1.41. The van der Waals surface area contributed by atoms with E-state index in [9.17, 15) is 0 Å². The second-order valence-corrected chi connectivity index (χ2v) is 6.12. The van der Waals surface area contributed by atoms with Gasteiger partial charge in [0.1, 0.15) is 0 Å². The van der Waals surface area contributed by atoms with E-state index in [1.807, 2.05) is 0 Å². The summed E-state index contributed by atoms with van der Waals surface area (Å²) in [6.45, 7) is 5.55. The van der Waals surface area contributed by atoms with Crippen LogP contribution in [0.4, 0.5) is 0 Å². The van der Waals surface area contributed by atoms with Gasteiger partial charge >= 0.3 is 0 Å². The molecule has 0 aliphatic heterocycles. The minimum Gasteiger partial charge on any atom is -0.310 e. The third-order valence-electron chi connectivity index (χ3n) is 4.26. The molecule has 1 nitrogen and oxygen atoms in total. The first-order valence-electron chi connectivity index (χ1n) is 8.51. The van der Waals surface area contributed by atoms with Gasteiger partial charge < -0.3 is 5.32 Å². The number of nitrogens with one attached hydrogen (secondary N) is 1. The van der Waals surface area contributed by atoms with Crippen LogP contribution in [0.2, 0.25) is 0 Å². The van der Waals surface area contributed by atoms with E-state index in [2.05, 4.69) is 61.6 Å². The summed E-state index contributed by atoms with van der Waals surface area (Å²) in [5.74, 6) is 0. The van der Waals surface area contributed by atoms with E-state index in [0.29, 0.717) is 6.04 Å². The maximum absolute atomic E-state index is 3.68. The van der Waals surface area contributed by atoms with Crippen molar-refractivity contribution in [3.8, 4) is 0 Å². The molecule has 0 aromatic heterocycles. The standard InChI is InChI=1S/C20H29N/c1-3-4-5-6-7-11-17(2)21-16-19-14-10-13-18-12-8-9-15-20(18)19/h8-10,12-15,17,21H,3-7,11,16H2,1-2H3. The van der Waals surface area contributed by atoms with Crippen LogP contribution in [-0.2, 0) is 6.54 Å². The summed E-state index contributed by atoms with van der Waals surface area (Å²) >= 11 is 0. The van der Waals surface area contributed by atoms with Gasteiger partial charge in [-0.05, 0) is 29.7 Å². The van der Waals surface area contributed by atoms with Crippen LogP contribution in [-0.4, -0.2) is 6.04 Å². The molecular weight excluding hydrogens is 254 g/mol. The van der Waals surface area contributed by atoms with Crippen LogP contribution in [0.25, 0.3) is 10.8 Å². The molecule has 1 unspecified atom stereocenters. The van der Waals surface area contributed by atoms with E-state index in [-0.39, 0.29) is 0 Å². The first-order chi connectivity index (χ1) is 10.3. The lowest BCUT2D eigenvalue weighted by molar-refractivity contribution is 0.480. The lowest BCUT2D eigenvalue weighted by Gasteiger charge is -2.15. The van der Waals surface area contributed by atoms with Gasteiger partial charge in [-0.15, -0.1) is 0 Å². The fourth-order valence-corrected chi connectivity index (χ4v) is 2.89. The van der Waals surface area contributed by atoms with Crippen molar-refractivity contribution in [1.29, 1.82) is 0 Å². The van der Waals surface area contributed by atoms with Crippen LogP contribution in [0.15, 0.2) is 42.5 Å². The van der Waals surface area contributed by atoms with Crippen LogP contribution >= 0.6 is 0 Å². The maximum Gasteiger partial charge on any atom is 0.0214 e. The van der Waals surface area contributed by atoms with E-state index >= 15 is 0 Å². The lowest BCUT2D eigenvalue weighted by Crippen LogP contribution is -2.25. The van der Waals surface area contributed by atoms with Crippen LogP contribution in [0.3, 0.4) is 0 Å². The molecule has 0 bridgehead atoms. The molecule has 0 heterocycles. The summed E-state index contributed by atoms with van der Waals surface area (Å²) < 4.78 is 0. The molecule has 0 amide bonds. The Kier molecular flexibility index (Phi) is 6.75. The van der Waals surface area contributed by atoms with E-state index < -0.39 is 0 Å². The predicted octanol–water partition coefficient (Wildman–Crippen LogP) is 5.68. The maximum atomic E-state index is 3.68. The molecule has 1 heteroatoms. The van der Waals surface area contributed by atoms with Crippen molar-refractivity contribution in [2.45, 2.75) is 65.0 Å². The second-order valence-electron chi connectivity index (χ2n) is 6.12. The highest BCUT2D eigenvalue weighted by atomic mass is 14.9. The normalized spacial score (nSPS) is 12.7. The van der Waals surface area contributed by atoms with Crippen molar-refractivity contribution < 1.29 is 0 Å². The minimum atomic E-state index is 0.602. The molecule has 2 aromatic rings. The van der Waals surface area contributed by atoms with Crippen molar-refractivity contribution >= 4 is 10.8 Å². The first-order valence-corrected chi connectivity index (χ1v) is 8.51. The van der Waals surface area contributed by atoms with Gasteiger partial charge in [0.25, 0.3) is 0 Å². The number of hydrogen-bond acceptors (Lipinski definition) is 1. The molecule has 0 radical (unpaired) electrons. The molecule has 0 aliphatic rings. The topological polar surface area (TPSA) is 12.0 Å². The van der Waals surface area contributed by atoms with Gasteiger partial charge in [0, 0.05) is 12.6 Å². The second kappa shape index (κ2) is 8.84. The summed E-state index contributed by atoms with van der Waals surface area (Å²) in [4.78, 5) is 0. The highest BCUT2D eigenvalue weighted by Crippen LogP contribution is 2.18. The Morgan fingerprint density at radius 2 is 1.67 bits per heavy atom. The van der Waals surface area contributed by atoms with Crippen LogP contribution in [0.5, 0.6) is 0 Å². The van der Waals surface area contributed by atoms with Gasteiger partial charge in [0.05, 0.1) is 0 Å². The minimum absolute atomic E-state index is 0.602. The average molecular weight is 283 g/mol. The number of unbranched alkanes of at least 4 members (excludes halogenated alkanes) is 4. The van der Waals surface area contributed by atoms with E-state index in [1.165, 1.54) is 54.9 Å². The SMILES string of the molecule is CCCCCCCC(C)NCc1cccc2ccccc12. The largest absolute Gasteiger partial charge is 0.310 e. The number of benzene rings is 2. The fourth-order valence-electron chi connectivity index (χ4n) is 2.89. The van der Waals surface area contributed by atoms with Crippen molar-refractivity contribution in [3.63, 3.8) is 0 Å². The van der Waals surface area contributed by atoms with Crippen molar-refractivity contribution in [2.75, 3.05) is 0 Å². The van der Waals surface area contributed by atoms with Gasteiger partial charge in [0.15, 0.2) is 0 Å². The Labute approximate surface area is 129 Å². The van der Waals surface area contributed by atoms with Gasteiger partial charge in [-0.2, -0.15) is 0 Å². The highest BCUT2D eigenvalue weighted by Gasteiger charge is 2.04. The zero-order valence-corrected chi connectivity index (χ0v) is 13.6. The molecule has 2 rings (SSSR count). The van der Waals surface area contributed by atoms with Crippen LogP contribution < -0.4 is 5.32 Å². The van der Waals surface area contributed by atoms with Crippen molar-refractivity contribution in [3.05, 3.63) is 48.0 Å². The molecule has 0 spiro atoms. The first kappa shape index (κ1) is 16.0. The van der Waals surface area contributed by atoms with Gasteiger partial charge in [0.2, 0.25) is 0 Å². The Morgan fingerprint density at radius 1 is 0.905 bits per heavy atom. The summed E-state index contributed by atoms with van der Waals surface area (Å²) in [5, 5.41) is 6.40. The quantitative estimate of drug-likeness (QED) is 0.584. The molecule has 1 atom stereocenters. The molecular formula is C20H29N. The van der Waals surface area contributed by atoms with E-state index in [0.717, 1.165) is 6.54 Å². The van der Waals surface area contributed by atoms with E-state index in [4.69, 9.17) is 0 Å². The molecule has 114 valence electrons. The monoisotopic (exact) mass is 283 g/mol. The number of rotatable bonds is 9. The Balaban J connectivity index is 1.79. The van der Waals surface area contributed by atoms with Gasteiger partial charge in [-0.1, -0.05) is 81.5 Å². The fraction of sp³-hybridized carbons (Fsp3) is 0.500. The van der Waals surface area contributed by atoms with Gasteiger partial charge in [-0.25, -0.2) is 0 Å². The Hall–Kier alpha value is -1.34. The molecule has 2 aromatic carbocycles. The molecule has 0 aliphatic carbocycles. The van der Waals surface area contributed by atoms with Crippen LogP contribution in [0, 0.1) is 0 Å². The van der Waals surface area contributed by atoms with E-state index in [1.54, 1.807) is 0 Å².